The van der Waals surface area contributed by atoms with Gasteiger partial charge in [-0.3, -0.25) is 14.4 Å². The first kappa shape index (κ1) is 45.3. The molecule has 2 saturated heterocycles. The molecule has 0 amide bonds. The number of nitrogens with one attached hydrogen (secondary N) is 2. The first-order valence-corrected chi connectivity index (χ1v) is 21.7. The first-order chi connectivity index (χ1) is 32.7. The minimum Gasteiger partial charge on any atom is -0.399 e. The molecule has 0 radical (unpaired) electrons. The summed E-state index contributed by atoms with van der Waals surface area (Å²) in [6, 6.07) is 31.1. The van der Waals surface area contributed by atoms with Gasteiger partial charge in [0.15, 0.2) is 28.4 Å². The number of hydrogen-bond donors (Lipinski definition) is 3. The average molecular weight is 926 g/mol. The minimum absolute atomic E-state index is 0.517. The van der Waals surface area contributed by atoms with Crippen molar-refractivity contribution in [2.24, 2.45) is 4.99 Å². The van der Waals surface area contributed by atoms with Crippen LogP contribution in [0.4, 0.5) is 38.8 Å². The number of fused-ring (bicyclic) bond motifs is 2. The van der Waals surface area contributed by atoms with Gasteiger partial charge in [0.05, 0.1) is 45.8 Å². The van der Waals surface area contributed by atoms with Crippen LogP contribution in [0.25, 0.3) is 33.8 Å². The van der Waals surface area contributed by atoms with E-state index >= 15 is 0 Å². The number of aryl methyl sites for hydroxylation is 2. The molecule has 19 heteroatoms. The van der Waals surface area contributed by atoms with E-state index in [4.69, 9.17) is 43.9 Å². The Balaban J connectivity index is 0.000000166. The minimum atomic E-state index is -1.00. The van der Waals surface area contributed by atoms with Crippen LogP contribution in [0.15, 0.2) is 127 Å². The third kappa shape index (κ3) is 12.3. The number of pyridine rings is 2. The average Bonchev–Trinajstić information content (AvgIpc) is 4.03. The topological polar surface area (TPSA) is 174 Å². The summed E-state index contributed by atoms with van der Waals surface area (Å²) in [6.45, 7) is 10.0. The van der Waals surface area contributed by atoms with E-state index in [9.17, 15) is 4.39 Å². The van der Waals surface area contributed by atoms with Gasteiger partial charge in [-0.1, -0.05) is 0 Å². The van der Waals surface area contributed by atoms with Crippen LogP contribution in [-0.2, 0) is 9.47 Å². The Kier molecular flexibility index (Phi) is 15.8. The number of hydrogen-bond acceptors (Lipinski definition) is 14. The number of nitrogen functional groups attached to an aromatic ring is 1. The standard InChI is InChI=1S/C23H23N7OS.C17H15N5OS.C6H8N2.CH3F/c1-16-15-19(8-9-24-16)26-23(32)25-18-6-4-17(5-7-18)21-27-22(29-11-13-31-14-12-29)20-3-2-10-30(20)28-21;24-12-18-14-5-3-13(4-6-14)16-19-17(21-8-10-23-11-9-21)15-2-1-7-22(15)20-16;1-5-4-6(7)2-3-8-5;1-2/h2-10,15H,11-14H2,1H3,(H2,24,25,26,32);1-7H,8-11H2;2-4H,1H3,(H2,7,8);1H3/i;;;1D. The second-order valence-corrected chi connectivity index (χ2v) is 15.3. The van der Waals surface area contributed by atoms with Crippen molar-refractivity contribution in [2.75, 3.05) is 85.9 Å². The molecule has 0 atom stereocenters. The van der Waals surface area contributed by atoms with Crippen LogP contribution in [0.1, 0.15) is 12.8 Å². The van der Waals surface area contributed by atoms with Crippen LogP contribution < -0.4 is 26.2 Å². The molecule has 2 aliphatic heterocycles. The molecule has 338 valence electrons. The fourth-order valence-corrected chi connectivity index (χ4v) is 7.36. The number of isothiocyanates is 1. The highest BCUT2D eigenvalue weighted by Gasteiger charge is 2.20. The van der Waals surface area contributed by atoms with Crippen molar-refractivity contribution < 1.29 is 15.2 Å². The quantitative estimate of drug-likeness (QED) is 0.103. The zero-order valence-corrected chi connectivity index (χ0v) is 38.1. The SMILES string of the molecule is Cc1cc(N)ccn1.Cc1cc(NC(=S)Nc2ccc(-c3nc(N4CCOCC4)c4cccn4n3)cc2)ccn1.S=C=Nc1ccc(-c2nc(N3CCOCC3)c3cccn3n2)cc1.[2H]CF. The summed E-state index contributed by atoms with van der Waals surface area (Å²) in [5, 5.41) is 18.6. The van der Waals surface area contributed by atoms with Crippen molar-refractivity contribution in [3.05, 3.63) is 133 Å². The van der Waals surface area contributed by atoms with Crippen molar-refractivity contribution in [1.29, 1.82) is 0 Å². The predicted octanol–water partition coefficient (Wildman–Crippen LogP) is 8.27. The lowest BCUT2D eigenvalue weighted by Crippen LogP contribution is -2.37. The van der Waals surface area contributed by atoms with E-state index in [-0.39, 0.29) is 0 Å². The molecule has 0 aliphatic carbocycles. The normalized spacial score (nSPS) is 13.4. The third-order valence-electron chi connectivity index (χ3n) is 10.1. The lowest BCUT2D eigenvalue weighted by atomic mass is 10.2. The summed E-state index contributed by atoms with van der Waals surface area (Å²) in [4.78, 5) is 26.3. The van der Waals surface area contributed by atoms with Gasteiger partial charge >= 0.3 is 0 Å². The summed E-state index contributed by atoms with van der Waals surface area (Å²) in [6.07, 6.45) is 7.34. The second kappa shape index (κ2) is 23.1. The summed E-state index contributed by atoms with van der Waals surface area (Å²) in [7, 11) is -1.00. The molecule has 2 fully saturated rings. The van der Waals surface area contributed by atoms with Gasteiger partial charge in [0.1, 0.15) is 11.0 Å². The summed E-state index contributed by atoms with van der Waals surface area (Å²) >= 11 is 10.1. The molecule has 0 bridgehead atoms. The second-order valence-electron chi connectivity index (χ2n) is 14.7. The van der Waals surface area contributed by atoms with Crippen molar-refractivity contribution >= 4 is 80.1 Å². The van der Waals surface area contributed by atoms with Crippen LogP contribution in [0.3, 0.4) is 0 Å². The van der Waals surface area contributed by atoms with E-state index < -0.39 is 7.15 Å². The Morgan fingerprint density at radius 2 is 1.20 bits per heavy atom. The number of thiocarbonyl (C=S) groups is 2. The maximum absolute atomic E-state index is 9.96. The van der Waals surface area contributed by atoms with Gasteiger partial charge in [-0.25, -0.2) is 19.0 Å². The summed E-state index contributed by atoms with van der Waals surface area (Å²) in [5.74, 6) is 3.23. The van der Waals surface area contributed by atoms with E-state index in [0.717, 1.165) is 107 Å². The lowest BCUT2D eigenvalue weighted by molar-refractivity contribution is 0.122. The van der Waals surface area contributed by atoms with E-state index in [0.29, 0.717) is 30.0 Å². The van der Waals surface area contributed by atoms with E-state index in [1.54, 1.807) is 18.5 Å². The smallest absolute Gasteiger partial charge is 0.182 e. The fraction of sp³-hybridized carbons (Fsp3) is 0.234. The predicted molar refractivity (Wildman–Crippen MR) is 267 cm³/mol. The number of morpholine rings is 2. The molecule has 16 nitrogen and oxygen atoms in total. The number of rotatable bonds is 7. The maximum Gasteiger partial charge on any atom is 0.182 e. The number of aromatic nitrogens is 8. The first-order valence-electron chi connectivity index (χ1n) is 21.6. The zero-order chi connectivity index (χ0) is 47.0. The van der Waals surface area contributed by atoms with Gasteiger partial charge in [0.2, 0.25) is 0 Å². The number of ether oxygens (including phenoxy) is 2. The van der Waals surface area contributed by atoms with Crippen LogP contribution in [-0.4, -0.2) is 109 Å². The highest BCUT2D eigenvalue weighted by Crippen LogP contribution is 2.27. The van der Waals surface area contributed by atoms with Crippen LogP contribution >= 0.6 is 24.4 Å². The molecule has 4 N–H and O–H groups in total. The molecular weight excluding hydrogens is 876 g/mol. The molecule has 2 aromatic carbocycles. The third-order valence-corrected chi connectivity index (χ3v) is 10.4. The summed E-state index contributed by atoms with van der Waals surface area (Å²) in [5.41, 5.74) is 14.5. The van der Waals surface area contributed by atoms with Crippen molar-refractivity contribution in [3.63, 3.8) is 0 Å². The van der Waals surface area contributed by atoms with E-state index in [2.05, 4.69) is 57.9 Å². The van der Waals surface area contributed by atoms with Crippen molar-refractivity contribution in [1.82, 2.24) is 39.2 Å². The van der Waals surface area contributed by atoms with E-state index in [1.807, 2.05) is 126 Å². The Morgan fingerprint density at radius 1 is 0.712 bits per heavy atom. The van der Waals surface area contributed by atoms with Gasteiger partial charge in [-0.05, 0) is 135 Å². The van der Waals surface area contributed by atoms with Crippen molar-refractivity contribution in [2.45, 2.75) is 13.8 Å². The van der Waals surface area contributed by atoms with Crippen LogP contribution in [0, 0.1) is 13.8 Å². The van der Waals surface area contributed by atoms with Gasteiger partial charge in [-0.15, -0.1) is 10.2 Å². The number of alkyl halides is 1. The van der Waals surface area contributed by atoms with Crippen LogP contribution in [0.5, 0.6) is 0 Å². The number of benzene rings is 2. The molecule has 6 aromatic heterocycles. The highest BCUT2D eigenvalue weighted by molar-refractivity contribution is 7.80. The summed E-state index contributed by atoms with van der Waals surface area (Å²) < 4.78 is 30.2. The Hall–Kier alpha value is -7.28. The fourth-order valence-electron chi connectivity index (χ4n) is 7.02. The Labute approximate surface area is 393 Å². The molecular formula is C47H49FN14O2S2. The maximum atomic E-state index is 9.96. The Bertz CT molecular complexity index is 2900. The molecule has 0 spiro atoms. The van der Waals surface area contributed by atoms with Crippen LogP contribution in [0.2, 0.25) is 0 Å². The number of nitrogens with two attached hydrogens (primary N) is 1. The largest absolute Gasteiger partial charge is 0.399 e. The highest BCUT2D eigenvalue weighted by atomic mass is 32.1. The molecule has 8 heterocycles. The lowest BCUT2D eigenvalue weighted by Gasteiger charge is -2.28. The van der Waals surface area contributed by atoms with Crippen molar-refractivity contribution in [3.8, 4) is 22.8 Å². The number of nitrogens with zero attached hydrogens (tertiary/aromatic N) is 11. The van der Waals surface area contributed by atoms with Gasteiger partial charge in [0, 0.05) is 90.5 Å². The molecule has 0 unspecified atom stereocenters. The molecule has 10 rings (SSSR count). The Morgan fingerprint density at radius 3 is 1.67 bits per heavy atom. The number of halogens is 1. The molecule has 0 saturated carbocycles. The zero-order valence-electron chi connectivity index (χ0n) is 37.4. The van der Waals surface area contributed by atoms with Gasteiger partial charge in [0.25, 0.3) is 0 Å². The molecule has 2 aliphatic rings. The molecule has 66 heavy (non-hydrogen) atoms. The molecule has 8 aromatic rings. The van der Waals surface area contributed by atoms with E-state index in [1.165, 1.54) is 0 Å². The van der Waals surface area contributed by atoms with Gasteiger partial charge in [-0.2, -0.15) is 4.99 Å². The monoisotopic (exact) mass is 925 g/mol. The number of anilines is 5. The van der Waals surface area contributed by atoms with Gasteiger partial charge < -0.3 is 35.6 Å². The number of aliphatic imine (C=N–C) groups is 1.